The monoisotopic (exact) mass is 761 g/mol. The first-order chi connectivity index (χ1) is 25.8. The van der Waals surface area contributed by atoms with Crippen LogP contribution in [0.1, 0.15) is 114 Å². The molecule has 4 heterocycles. The van der Waals surface area contributed by atoms with Crippen LogP contribution in [0, 0.1) is 5.92 Å². The summed E-state index contributed by atoms with van der Waals surface area (Å²) in [6.45, 7) is 1.60. The molecule has 54 heavy (non-hydrogen) atoms. The van der Waals surface area contributed by atoms with E-state index in [9.17, 15) is 32.7 Å². The van der Waals surface area contributed by atoms with Gasteiger partial charge in [0.25, 0.3) is 0 Å². The van der Waals surface area contributed by atoms with Gasteiger partial charge in [-0.3, -0.25) is 29.0 Å². The molecule has 8 rings (SSSR count). The van der Waals surface area contributed by atoms with Crippen molar-refractivity contribution in [2.75, 3.05) is 7.11 Å². The predicted molar refractivity (Wildman–Crippen MR) is 198 cm³/mol. The summed E-state index contributed by atoms with van der Waals surface area (Å²) in [4.78, 5) is 65.6. The molecule has 1 aromatic heterocycles. The number of allylic oxidation sites excluding steroid dienone is 2. The molecule has 3 fully saturated rings. The van der Waals surface area contributed by atoms with Crippen LogP contribution in [0.15, 0.2) is 34.5 Å². The number of Topliss-reactive ketones (excluding diaryl/α,β-unsaturated/α-hetero) is 1. The number of benzene rings is 1. The van der Waals surface area contributed by atoms with Crippen LogP contribution in [-0.2, 0) is 30.8 Å². The number of carbonyl (C=O) groups is 4. The standard InChI is InChI=1S/C39H47N5O9S/c1-38(16-17-38)54(50,51)43-36(47)27-20-33(46)44-31(27)21-40-30-18-23(30)6-3-4-9-29(42-37(48)49)32(45)13-15-39(44)14-12-25-26-19-24(52-2)10-11-28(26)41-34(35(25)53-39)22-7-5-8-22/h10-11,19,21-22,27,29,31,42H,3-9,12-18,20H2,1-2H3,(H,43,47)(H,48,49)/b40-21-/t27-,29-,31+,39+/m0/s1. The van der Waals surface area contributed by atoms with Crippen molar-refractivity contribution in [3.63, 3.8) is 0 Å². The Morgan fingerprint density at radius 1 is 1.04 bits per heavy atom. The maximum absolute atomic E-state index is 14.5. The average Bonchev–Trinajstić information content (AvgIpc) is 4.03. The summed E-state index contributed by atoms with van der Waals surface area (Å²) in [6, 6.07) is 3.80. The van der Waals surface area contributed by atoms with Gasteiger partial charge in [0.15, 0.2) is 11.5 Å². The van der Waals surface area contributed by atoms with Crippen molar-refractivity contribution in [1.29, 1.82) is 0 Å². The van der Waals surface area contributed by atoms with E-state index in [0.29, 0.717) is 50.0 Å². The summed E-state index contributed by atoms with van der Waals surface area (Å²) < 4.78 is 40.5. The molecular weight excluding hydrogens is 715 g/mol. The number of nitrogens with one attached hydrogen (secondary N) is 2. The SMILES string of the molecule is COc1ccc2nc(C3CCC3)c3c(c2c1)CC[C@]1(CCC(=O)[C@@H](NC(=O)O)CCCCC2=C(C2)/N=C\[C@@H]2[C@@H](C(=O)NS(=O)(=O)C4(C)CC4)CC(=O)N21)O3. The first kappa shape index (κ1) is 36.4. The maximum atomic E-state index is 14.5. The molecule has 4 atom stereocenters. The number of hydrogen-bond acceptors (Lipinski definition) is 10. The molecule has 1 saturated heterocycles. The van der Waals surface area contributed by atoms with E-state index < -0.39 is 56.4 Å². The minimum Gasteiger partial charge on any atom is -0.497 e. The number of sulfonamides is 1. The van der Waals surface area contributed by atoms with E-state index in [-0.39, 0.29) is 37.4 Å². The minimum absolute atomic E-state index is 0.0120. The Balaban J connectivity index is 1.24. The highest BCUT2D eigenvalue weighted by atomic mass is 32.2. The third-order valence-corrected chi connectivity index (χ3v) is 14.7. The molecule has 15 heteroatoms. The van der Waals surface area contributed by atoms with Crippen molar-refractivity contribution < 1.29 is 42.2 Å². The van der Waals surface area contributed by atoms with Crippen molar-refractivity contribution in [3.8, 4) is 11.5 Å². The molecule has 14 nitrogen and oxygen atoms in total. The molecule has 3 amide bonds. The number of pyridine rings is 1. The van der Waals surface area contributed by atoms with Crippen LogP contribution < -0.4 is 19.5 Å². The molecular formula is C39H47N5O9S. The third-order valence-electron chi connectivity index (χ3n) is 12.5. The fourth-order valence-corrected chi connectivity index (χ4v) is 9.87. The predicted octanol–water partition coefficient (Wildman–Crippen LogP) is 5.04. The molecule has 288 valence electrons. The summed E-state index contributed by atoms with van der Waals surface area (Å²) >= 11 is 0. The molecule has 3 aliphatic heterocycles. The number of ketones is 1. The number of aryl methyl sites for hydroxylation is 1. The largest absolute Gasteiger partial charge is 0.497 e. The van der Waals surface area contributed by atoms with Gasteiger partial charge in [-0.25, -0.2) is 18.2 Å². The fraction of sp³-hybridized carbons (Fsp3) is 0.590. The molecule has 3 N–H and O–H groups in total. The van der Waals surface area contributed by atoms with Gasteiger partial charge in [-0.2, -0.15) is 0 Å². The second kappa shape index (κ2) is 13.6. The first-order valence-electron chi connectivity index (χ1n) is 19.2. The fourth-order valence-electron chi connectivity index (χ4n) is 8.57. The smallest absolute Gasteiger partial charge is 0.405 e. The van der Waals surface area contributed by atoms with Gasteiger partial charge in [-0.05, 0) is 82.1 Å². The lowest BCUT2D eigenvalue weighted by Crippen LogP contribution is -2.60. The summed E-state index contributed by atoms with van der Waals surface area (Å²) in [7, 11) is -2.40. The number of carboxylic acid groups (broad SMARTS) is 1. The molecule has 0 bridgehead atoms. The molecule has 1 aromatic carbocycles. The van der Waals surface area contributed by atoms with Crippen LogP contribution in [0.2, 0.25) is 0 Å². The van der Waals surface area contributed by atoms with Gasteiger partial charge in [-0.1, -0.05) is 12.8 Å². The van der Waals surface area contributed by atoms with E-state index in [1.165, 1.54) is 4.90 Å². The van der Waals surface area contributed by atoms with Crippen LogP contribution in [0.3, 0.4) is 0 Å². The van der Waals surface area contributed by atoms with Crippen LogP contribution >= 0.6 is 0 Å². The summed E-state index contributed by atoms with van der Waals surface area (Å²) in [5, 5.41) is 12.9. The number of aliphatic imine (C=N–C) groups is 1. The van der Waals surface area contributed by atoms with E-state index in [4.69, 9.17) is 19.5 Å². The Hall–Kier alpha value is -4.53. The number of carbonyl (C=O) groups excluding carboxylic acids is 3. The Labute approximate surface area is 314 Å². The maximum Gasteiger partial charge on any atom is 0.405 e. The quantitative estimate of drug-likeness (QED) is 0.359. The van der Waals surface area contributed by atoms with Gasteiger partial charge in [0.2, 0.25) is 21.8 Å². The van der Waals surface area contributed by atoms with Gasteiger partial charge >= 0.3 is 6.09 Å². The summed E-state index contributed by atoms with van der Waals surface area (Å²) in [6.07, 6.45) is 7.47. The van der Waals surface area contributed by atoms with Crippen LogP contribution in [0.4, 0.5) is 4.79 Å². The second-order valence-corrected chi connectivity index (χ2v) is 18.3. The highest BCUT2D eigenvalue weighted by Gasteiger charge is 2.57. The molecule has 1 spiro atoms. The Kier molecular flexibility index (Phi) is 9.21. The zero-order chi connectivity index (χ0) is 38.0. The highest BCUT2D eigenvalue weighted by molar-refractivity contribution is 7.91. The molecule has 2 saturated carbocycles. The number of hydrogen-bond donors (Lipinski definition) is 3. The number of nitrogens with zero attached hydrogens (tertiary/aromatic N) is 3. The van der Waals surface area contributed by atoms with Crippen molar-refractivity contribution in [1.82, 2.24) is 19.9 Å². The molecule has 0 radical (unpaired) electrons. The Morgan fingerprint density at radius 3 is 2.52 bits per heavy atom. The number of amides is 3. The first-order valence-corrected chi connectivity index (χ1v) is 20.6. The van der Waals surface area contributed by atoms with Crippen molar-refractivity contribution in [2.45, 2.75) is 132 Å². The molecule has 3 aliphatic carbocycles. The van der Waals surface area contributed by atoms with Crippen molar-refractivity contribution in [3.05, 3.63) is 40.7 Å². The van der Waals surface area contributed by atoms with Crippen LogP contribution in [0.5, 0.6) is 11.5 Å². The van der Waals surface area contributed by atoms with E-state index in [1.54, 1.807) is 20.2 Å². The Bertz CT molecular complexity index is 2110. The molecule has 0 unspecified atom stereocenters. The number of fused-ring (bicyclic) bond motifs is 5. The normalized spacial score (nSPS) is 28.8. The third kappa shape index (κ3) is 6.62. The lowest BCUT2D eigenvalue weighted by atomic mass is 9.80. The van der Waals surface area contributed by atoms with Crippen molar-refractivity contribution >= 4 is 50.8 Å². The van der Waals surface area contributed by atoms with E-state index >= 15 is 0 Å². The highest BCUT2D eigenvalue weighted by Crippen LogP contribution is 2.51. The Morgan fingerprint density at radius 2 is 1.81 bits per heavy atom. The molecule has 2 aromatic rings. The number of rotatable bonds is 6. The second-order valence-electron chi connectivity index (χ2n) is 16.1. The lowest BCUT2D eigenvalue weighted by Gasteiger charge is -2.48. The van der Waals surface area contributed by atoms with Crippen molar-refractivity contribution in [2.24, 2.45) is 10.9 Å². The van der Waals surface area contributed by atoms with Gasteiger partial charge in [0.1, 0.15) is 11.5 Å². The topological polar surface area (TPSA) is 194 Å². The van der Waals surface area contributed by atoms with Crippen LogP contribution in [0.25, 0.3) is 10.9 Å². The zero-order valence-electron chi connectivity index (χ0n) is 30.7. The minimum atomic E-state index is -4.00. The van der Waals surface area contributed by atoms with Crippen LogP contribution in [-0.4, -0.2) is 83.0 Å². The lowest BCUT2D eigenvalue weighted by molar-refractivity contribution is -0.157. The molecule has 6 aliphatic rings. The van der Waals surface area contributed by atoms with Gasteiger partial charge in [0, 0.05) is 60.9 Å². The zero-order valence-corrected chi connectivity index (χ0v) is 31.5. The van der Waals surface area contributed by atoms with Gasteiger partial charge < -0.3 is 19.9 Å². The van der Waals surface area contributed by atoms with Gasteiger partial charge in [0.05, 0.1) is 41.1 Å². The van der Waals surface area contributed by atoms with Gasteiger partial charge in [-0.15, -0.1) is 0 Å². The summed E-state index contributed by atoms with van der Waals surface area (Å²) in [5.41, 5.74) is 3.00. The number of methoxy groups -OCH3 is 1. The average molecular weight is 762 g/mol. The number of ether oxygens (including phenoxy) is 2. The van der Waals surface area contributed by atoms with E-state index in [2.05, 4.69) is 10.0 Å². The number of aromatic nitrogens is 1. The van der Waals surface area contributed by atoms with E-state index in [0.717, 1.165) is 65.5 Å². The van der Waals surface area contributed by atoms with E-state index in [1.807, 2.05) is 18.2 Å². The summed E-state index contributed by atoms with van der Waals surface area (Å²) in [5.74, 6) is -1.28.